The largest absolute Gasteiger partial charge is 0.396 e. The van der Waals surface area contributed by atoms with Gasteiger partial charge in [0.2, 0.25) is 0 Å². The predicted octanol–water partition coefficient (Wildman–Crippen LogP) is 2.44. The summed E-state index contributed by atoms with van der Waals surface area (Å²) >= 11 is 0. The highest BCUT2D eigenvalue weighted by atomic mass is 16.3. The highest BCUT2D eigenvalue weighted by molar-refractivity contribution is 4.93. The summed E-state index contributed by atoms with van der Waals surface area (Å²) in [6, 6.07) is 1.90. The van der Waals surface area contributed by atoms with Crippen LogP contribution in [0.2, 0.25) is 0 Å². The maximum Gasteiger partial charge on any atom is 0.0446 e. The van der Waals surface area contributed by atoms with Gasteiger partial charge in [0.25, 0.3) is 0 Å². The molecule has 0 spiro atoms. The van der Waals surface area contributed by atoms with Crippen LogP contribution in [0.4, 0.5) is 0 Å². The molecule has 0 aromatic carbocycles. The smallest absolute Gasteiger partial charge is 0.0446 e. The van der Waals surface area contributed by atoms with Crippen molar-refractivity contribution in [1.82, 2.24) is 14.7 Å². The third kappa shape index (κ3) is 5.83. The molecule has 0 bridgehead atoms. The number of rotatable bonds is 7. The lowest BCUT2D eigenvalue weighted by atomic mass is 9.97. The van der Waals surface area contributed by atoms with E-state index in [2.05, 4.69) is 54.5 Å². The van der Waals surface area contributed by atoms with E-state index in [1.54, 1.807) is 0 Å². The van der Waals surface area contributed by atoms with E-state index < -0.39 is 0 Å². The van der Waals surface area contributed by atoms with Gasteiger partial charge in [0.1, 0.15) is 0 Å². The van der Waals surface area contributed by atoms with Gasteiger partial charge < -0.3 is 10.0 Å². The number of aliphatic hydroxyl groups excluding tert-OH is 1. The average molecular weight is 338 g/mol. The quantitative estimate of drug-likeness (QED) is 0.723. The van der Waals surface area contributed by atoms with Gasteiger partial charge in [-0.3, -0.25) is 9.80 Å². The Bertz CT molecular complexity index is 375. The molecule has 0 saturated carbocycles. The van der Waals surface area contributed by atoms with E-state index in [0.29, 0.717) is 30.7 Å². The lowest BCUT2D eigenvalue weighted by Gasteiger charge is -2.48. The van der Waals surface area contributed by atoms with Crippen LogP contribution in [-0.2, 0) is 0 Å². The molecule has 0 radical (unpaired) electrons. The zero-order chi connectivity index (χ0) is 17.5. The zero-order valence-corrected chi connectivity index (χ0v) is 16.3. The number of allylic oxidation sites excluding steroid dienone is 1. The maximum absolute atomic E-state index is 9.52. The van der Waals surface area contributed by atoms with Crippen molar-refractivity contribution in [2.75, 3.05) is 45.9 Å². The summed E-state index contributed by atoms with van der Waals surface area (Å²) in [5, 5.41) is 9.52. The Morgan fingerprint density at radius 2 is 1.75 bits per heavy atom. The molecule has 1 unspecified atom stereocenters. The molecule has 4 heteroatoms. The third-order valence-corrected chi connectivity index (χ3v) is 5.66. The minimum absolute atomic E-state index is 0.307. The number of piperidine rings is 1. The number of hydrogen-bond donors (Lipinski definition) is 1. The van der Waals surface area contributed by atoms with Gasteiger partial charge in [-0.2, -0.15) is 0 Å². The van der Waals surface area contributed by atoms with Crippen LogP contribution in [0.25, 0.3) is 0 Å². The molecule has 1 N–H and O–H groups in total. The lowest BCUT2D eigenvalue weighted by molar-refractivity contribution is 0.00546. The fourth-order valence-corrected chi connectivity index (χ4v) is 4.20. The Morgan fingerprint density at radius 3 is 2.33 bits per heavy atom. The molecule has 2 aliphatic rings. The Hall–Kier alpha value is -0.420. The van der Waals surface area contributed by atoms with Gasteiger partial charge in [-0.1, -0.05) is 26.0 Å². The fourth-order valence-electron chi connectivity index (χ4n) is 4.20. The Kier molecular flexibility index (Phi) is 8.21. The van der Waals surface area contributed by atoms with Crippen molar-refractivity contribution in [3.63, 3.8) is 0 Å². The number of likely N-dealkylation sites (tertiary alicyclic amines) is 1. The molecule has 2 saturated heterocycles. The van der Waals surface area contributed by atoms with E-state index in [1.807, 2.05) is 0 Å². The summed E-state index contributed by atoms with van der Waals surface area (Å²) in [4.78, 5) is 7.88. The number of piperazine rings is 1. The molecule has 0 aromatic heterocycles. The van der Waals surface area contributed by atoms with Gasteiger partial charge in [-0.25, -0.2) is 0 Å². The summed E-state index contributed by atoms with van der Waals surface area (Å²) in [6.07, 6.45) is 8.10. The number of nitrogens with zero attached hydrogens (tertiary/aromatic N) is 3. The van der Waals surface area contributed by atoms with Crippen LogP contribution in [0.15, 0.2) is 12.2 Å². The van der Waals surface area contributed by atoms with Crippen LogP contribution >= 0.6 is 0 Å². The third-order valence-electron chi connectivity index (χ3n) is 5.66. The zero-order valence-electron chi connectivity index (χ0n) is 16.3. The van der Waals surface area contributed by atoms with Crippen LogP contribution in [0.3, 0.4) is 0 Å². The minimum Gasteiger partial charge on any atom is -0.396 e. The predicted molar refractivity (Wildman–Crippen MR) is 102 cm³/mol. The SMILES string of the molecule is CC(C)C=CCN1CCN(C2CCN(C(C)C)CC2)C(CCO)C1. The first-order valence-electron chi connectivity index (χ1n) is 10.0. The molecule has 4 nitrogen and oxygen atoms in total. The molecule has 2 rings (SSSR count). The molecule has 2 fully saturated rings. The Balaban J connectivity index is 1.87. The summed E-state index contributed by atoms with van der Waals surface area (Å²) in [6.45, 7) is 16.3. The van der Waals surface area contributed by atoms with Gasteiger partial charge in [-0.15, -0.1) is 0 Å². The van der Waals surface area contributed by atoms with Gasteiger partial charge in [0.15, 0.2) is 0 Å². The van der Waals surface area contributed by atoms with Crippen LogP contribution < -0.4 is 0 Å². The van der Waals surface area contributed by atoms with E-state index in [9.17, 15) is 5.11 Å². The Morgan fingerprint density at radius 1 is 1.04 bits per heavy atom. The first-order chi connectivity index (χ1) is 11.5. The molecule has 0 amide bonds. The van der Waals surface area contributed by atoms with Crippen molar-refractivity contribution in [3.05, 3.63) is 12.2 Å². The summed E-state index contributed by atoms with van der Waals surface area (Å²) in [5.41, 5.74) is 0. The second kappa shape index (κ2) is 9.91. The van der Waals surface area contributed by atoms with E-state index in [0.717, 1.165) is 32.6 Å². The molecule has 0 aromatic rings. The molecular formula is C20H39N3O. The van der Waals surface area contributed by atoms with Crippen LogP contribution in [0, 0.1) is 5.92 Å². The van der Waals surface area contributed by atoms with Crippen molar-refractivity contribution in [2.24, 2.45) is 5.92 Å². The van der Waals surface area contributed by atoms with Crippen molar-refractivity contribution in [1.29, 1.82) is 0 Å². The standard InChI is InChI=1S/C20H39N3O/c1-17(2)6-5-10-21-13-14-23(20(16-21)9-15-24)19-7-11-22(12-8-19)18(3)4/h5-6,17-20,24H,7-16H2,1-4H3. The molecule has 1 atom stereocenters. The second-order valence-electron chi connectivity index (χ2n) is 8.20. The number of aliphatic hydroxyl groups is 1. The minimum atomic E-state index is 0.307. The second-order valence-corrected chi connectivity index (χ2v) is 8.20. The van der Waals surface area contributed by atoms with E-state index in [-0.39, 0.29) is 0 Å². The van der Waals surface area contributed by atoms with Gasteiger partial charge in [0.05, 0.1) is 0 Å². The van der Waals surface area contributed by atoms with Crippen molar-refractivity contribution >= 4 is 0 Å². The van der Waals surface area contributed by atoms with Crippen LogP contribution in [0.1, 0.15) is 47.0 Å². The monoisotopic (exact) mass is 337 g/mol. The molecule has 24 heavy (non-hydrogen) atoms. The van der Waals surface area contributed by atoms with Crippen LogP contribution in [-0.4, -0.2) is 83.8 Å². The lowest BCUT2D eigenvalue weighted by Crippen LogP contribution is -2.58. The van der Waals surface area contributed by atoms with E-state index in [4.69, 9.17) is 0 Å². The average Bonchev–Trinajstić information content (AvgIpc) is 2.55. The topological polar surface area (TPSA) is 30.0 Å². The van der Waals surface area contributed by atoms with E-state index >= 15 is 0 Å². The molecule has 2 heterocycles. The maximum atomic E-state index is 9.52. The van der Waals surface area contributed by atoms with Crippen molar-refractivity contribution < 1.29 is 5.11 Å². The summed E-state index contributed by atoms with van der Waals surface area (Å²) in [7, 11) is 0. The van der Waals surface area contributed by atoms with E-state index in [1.165, 1.54) is 25.9 Å². The van der Waals surface area contributed by atoms with Gasteiger partial charge in [0, 0.05) is 50.9 Å². The van der Waals surface area contributed by atoms with Crippen molar-refractivity contribution in [2.45, 2.75) is 65.1 Å². The molecular weight excluding hydrogens is 298 g/mol. The fraction of sp³-hybridized carbons (Fsp3) is 0.900. The van der Waals surface area contributed by atoms with Gasteiger partial charge >= 0.3 is 0 Å². The molecule has 140 valence electrons. The molecule has 2 aliphatic heterocycles. The number of hydrogen-bond acceptors (Lipinski definition) is 4. The molecule has 0 aliphatic carbocycles. The highest BCUT2D eigenvalue weighted by Crippen LogP contribution is 2.24. The highest BCUT2D eigenvalue weighted by Gasteiger charge is 2.33. The van der Waals surface area contributed by atoms with Crippen LogP contribution in [0.5, 0.6) is 0 Å². The Labute approximate surface area is 149 Å². The first kappa shape index (κ1) is 19.9. The first-order valence-corrected chi connectivity index (χ1v) is 10.0. The van der Waals surface area contributed by atoms with Crippen molar-refractivity contribution in [3.8, 4) is 0 Å². The summed E-state index contributed by atoms with van der Waals surface area (Å²) < 4.78 is 0. The normalized spacial score (nSPS) is 26.2. The van der Waals surface area contributed by atoms with Gasteiger partial charge in [-0.05, 0) is 52.1 Å². The summed E-state index contributed by atoms with van der Waals surface area (Å²) in [5.74, 6) is 0.630.